The minimum Gasteiger partial charge on any atom is -0.490 e. The van der Waals surface area contributed by atoms with Crippen molar-refractivity contribution >= 4 is 145 Å². The number of methoxy groups -OCH3 is 2. The number of hydrogen-bond donors (Lipinski definition) is 0. The van der Waals surface area contributed by atoms with Gasteiger partial charge in [0.25, 0.3) is 47.3 Å². The zero-order valence-electron chi connectivity index (χ0n) is 63.5. The maximum Gasteiger partial charge on any atom is 0.261 e. The van der Waals surface area contributed by atoms with Crippen LogP contribution in [0.4, 0.5) is 0 Å². The number of carbonyl (C=O) groups is 8. The Morgan fingerprint density at radius 1 is 0.290 bits per heavy atom. The molecule has 0 spiro atoms. The van der Waals surface area contributed by atoms with E-state index in [1.807, 2.05) is 72.8 Å². The Bertz CT molecular complexity index is 5140. The molecule has 0 N–H and O–H groups in total. The lowest BCUT2D eigenvalue weighted by molar-refractivity contribution is 0.0565. The van der Waals surface area contributed by atoms with Gasteiger partial charge in [0.2, 0.25) is 0 Å². The summed E-state index contributed by atoms with van der Waals surface area (Å²) in [6.45, 7) is 18.7. The average Bonchev–Trinajstić information content (AvgIpc) is 0.849. The quantitative estimate of drug-likeness (QED) is 0.0161. The average molecular weight is 1460 g/mol. The number of ether oxygens (including phenoxy) is 4. The molecule has 16 nitrogen and oxygen atoms in total. The second-order valence-electron chi connectivity index (χ2n) is 30.3. The summed E-state index contributed by atoms with van der Waals surface area (Å²) in [5.41, 5.74) is 4.30. The van der Waals surface area contributed by atoms with E-state index in [4.69, 9.17) is 18.9 Å². The van der Waals surface area contributed by atoms with Gasteiger partial charge >= 0.3 is 0 Å². The maximum atomic E-state index is 15.9. The Labute approximate surface area is 628 Å². The molecule has 107 heavy (non-hydrogen) atoms. The summed E-state index contributed by atoms with van der Waals surface area (Å²) in [7, 11) is 3.20. The molecule has 5 heterocycles. The van der Waals surface area contributed by atoms with Crippen LogP contribution in [0.25, 0.3) is 107 Å². The first-order valence-electron chi connectivity index (χ1n) is 39.4. The highest BCUT2D eigenvalue weighted by Gasteiger charge is 2.43. The smallest absolute Gasteiger partial charge is 0.261 e. The molecule has 8 amide bonds. The summed E-state index contributed by atoms with van der Waals surface area (Å²) < 4.78 is 24.7. The van der Waals surface area contributed by atoms with E-state index >= 15 is 38.4 Å². The summed E-state index contributed by atoms with van der Waals surface area (Å²) in [4.78, 5) is 131. The van der Waals surface area contributed by atoms with Crippen molar-refractivity contribution in [3.8, 4) is 32.4 Å². The normalized spacial score (nSPS) is 15.7. The number of hydrogen-bond acceptors (Lipinski definition) is 13. The third-order valence-corrected chi connectivity index (χ3v) is 25.3. The SMILES string of the molecule is CCCCC(CC)CN1C(=O)c2ccc3c4c(-c5ccc(-c6cc7c8c(ccc9c%10c(OCCOC)cc%11c%12c(ccc(c6c89)c%12%10)C(=O)N(CC(CC)CCCC)C%11=O)C(=O)N(CC(CC)CCCC)C7=O)s5)cc5c6c(ccc(c7c(OCCOC)cc(c2c37)C1=O)c64)C(=O)N(CC(CC)CCCC)C5=O. The van der Waals surface area contributed by atoms with E-state index < -0.39 is 23.6 Å². The summed E-state index contributed by atoms with van der Waals surface area (Å²) in [6, 6.07) is 26.6. The molecule has 0 aliphatic carbocycles. The molecule has 0 radical (unpaired) electrons. The first kappa shape index (κ1) is 73.1. The van der Waals surface area contributed by atoms with E-state index in [-0.39, 0.29) is 99.9 Å². The summed E-state index contributed by atoms with van der Waals surface area (Å²) in [6.07, 6.45) is 14.3. The fraction of sp³-hybridized carbons (Fsp3) is 0.422. The fourth-order valence-corrected chi connectivity index (χ4v) is 19.2. The van der Waals surface area contributed by atoms with Gasteiger partial charge in [0.05, 0.1) is 24.3 Å². The number of imide groups is 4. The number of benzene rings is 10. The standard InChI is InChI=1S/C90H96N4O12S/c1-11-19-23-49(15-5)45-91-83(95)57-33-29-55-77-67(105-39-37-103-9)43-65-75-59(85(97)93(89(65)101)47-51(17-7)25-21-13-3)31-27-53(81(75)77)71-61(41-63(87(91)99)73(57)79(55)71)69-35-36-70(107-69)62-42-64-74-58(84(96)92(88(64)100)46-50(16-6)24-20-12-2)34-30-56-78-68(106-40-38-104-10)44-66-76-60(32-28-54(82(76)78)72(62)80(56)74)86(98)94(90(66)102)48-52(18-8)26-22-14-4/h27-36,41-44,49-52H,11-26,37-40,45-48H2,1-10H3. The molecule has 4 aliphatic heterocycles. The molecule has 1 aromatic heterocycles. The third kappa shape index (κ3) is 11.9. The molecule has 554 valence electrons. The number of carbonyl (C=O) groups excluding carboxylic acids is 8. The van der Waals surface area contributed by atoms with Crippen molar-refractivity contribution in [1.82, 2.24) is 19.6 Å². The Kier molecular flexibility index (Phi) is 20.5. The number of fused-ring (bicyclic) bond motifs is 4. The summed E-state index contributed by atoms with van der Waals surface area (Å²) in [5.74, 6) is -1.98. The predicted molar refractivity (Wildman–Crippen MR) is 427 cm³/mol. The molecule has 17 heteroatoms. The number of unbranched alkanes of at least 4 members (excludes halogenated alkanes) is 4. The maximum absolute atomic E-state index is 15.9. The van der Waals surface area contributed by atoms with Crippen LogP contribution in [0.5, 0.6) is 11.5 Å². The molecular formula is C90H96N4O12S. The Hall–Kier alpha value is -9.42. The Morgan fingerprint density at radius 2 is 0.551 bits per heavy atom. The van der Waals surface area contributed by atoms with Crippen molar-refractivity contribution in [1.29, 1.82) is 0 Å². The van der Waals surface area contributed by atoms with Crippen molar-refractivity contribution in [2.24, 2.45) is 23.7 Å². The van der Waals surface area contributed by atoms with Crippen molar-refractivity contribution < 1.29 is 57.3 Å². The highest BCUT2D eigenvalue weighted by molar-refractivity contribution is 7.19. The van der Waals surface area contributed by atoms with Gasteiger partial charge in [0.1, 0.15) is 24.7 Å². The van der Waals surface area contributed by atoms with Gasteiger partial charge in [-0.2, -0.15) is 0 Å². The number of rotatable bonds is 34. The minimum atomic E-state index is -0.405. The minimum absolute atomic E-state index is 0.0644. The zero-order valence-corrected chi connectivity index (χ0v) is 64.3. The molecule has 0 bridgehead atoms. The van der Waals surface area contributed by atoms with Gasteiger partial charge in [-0.3, -0.25) is 58.0 Å². The monoisotopic (exact) mass is 1460 g/mol. The molecule has 11 aromatic rings. The van der Waals surface area contributed by atoms with Gasteiger partial charge in [-0.1, -0.05) is 157 Å². The van der Waals surface area contributed by atoms with Crippen molar-refractivity contribution in [2.45, 2.75) is 158 Å². The van der Waals surface area contributed by atoms with Gasteiger partial charge in [-0.15, -0.1) is 11.3 Å². The topological polar surface area (TPSA) is 186 Å². The van der Waals surface area contributed by atoms with Crippen molar-refractivity contribution in [3.63, 3.8) is 0 Å². The van der Waals surface area contributed by atoms with Gasteiger partial charge in [-0.25, -0.2) is 0 Å². The zero-order chi connectivity index (χ0) is 75.0. The van der Waals surface area contributed by atoms with E-state index in [1.54, 1.807) is 26.4 Å². The van der Waals surface area contributed by atoms with Crippen LogP contribution < -0.4 is 9.47 Å². The molecule has 0 fully saturated rings. The third-order valence-electron chi connectivity index (χ3n) is 24.1. The number of thiophene rings is 1. The number of amides is 8. The van der Waals surface area contributed by atoms with Crippen molar-refractivity contribution in [2.75, 3.05) is 66.8 Å². The molecule has 0 saturated heterocycles. The van der Waals surface area contributed by atoms with Crippen LogP contribution in [0.3, 0.4) is 0 Å². The highest BCUT2D eigenvalue weighted by atomic mass is 32.1. The fourth-order valence-electron chi connectivity index (χ4n) is 18.1. The van der Waals surface area contributed by atoms with Crippen LogP contribution >= 0.6 is 11.3 Å². The van der Waals surface area contributed by atoms with Crippen LogP contribution in [0.1, 0.15) is 241 Å². The summed E-state index contributed by atoms with van der Waals surface area (Å²) in [5, 5.41) is 10.0. The van der Waals surface area contributed by atoms with E-state index in [9.17, 15) is 0 Å². The first-order chi connectivity index (χ1) is 52.0. The Morgan fingerprint density at radius 3 is 0.822 bits per heavy atom. The predicted octanol–water partition coefficient (Wildman–Crippen LogP) is 20.5. The molecule has 4 atom stereocenters. The van der Waals surface area contributed by atoms with Crippen molar-refractivity contribution in [3.05, 3.63) is 129 Å². The molecule has 15 rings (SSSR count). The highest BCUT2D eigenvalue weighted by Crippen LogP contribution is 2.57. The van der Waals surface area contributed by atoms with E-state index in [2.05, 4.69) is 55.4 Å². The van der Waals surface area contributed by atoms with Crippen LogP contribution in [-0.2, 0) is 9.47 Å². The van der Waals surface area contributed by atoms with Crippen LogP contribution in [0.2, 0.25) is 0 Å². The lowest BCUT2D eigenvalue weighted by Crippen LogP contribution is -2.43. The van der Waals surface area contributed by atoms with E-state index in [0.29, 0.717) is 153 Å². The first-order valence-corrected chi connectivity index (χ1v) is 40.2. The second-order valence-corrected chi connectivity index (χ2v) is 31.4. The van der Waals surface area contributed by atoms with Gasteiger partial charge in [0, 0.05) is 138 Å². The van der Waals surface area contributed by atoms with Crippen LogP contribution in [-0.4, -0.2) is 134 Å². The molecule has 4 aliphatic rings. The van der Waals surface area contributed by atoms with Crippen LogP contribution in [0, 0.1) is 23.7 Å². The lowest BCUT2D eigenvalue weighted by atomic mass is 9.79. The van der Waals surface area contributed by atoms with Gasteiger partial charge < -0.3 is 18.9 Å². The largest absolute Gasteiger partial charge is 0.490 e. The van der Waals surface area contributed by atoms with Crippen LogP contribution in [0.15, 0.2) is 84.9 Å². The van der Waals surface area contributed by atoms with Gasteiger partial charge in [-0.05, 0) is 153 Å². The lowest BCUT2D eigenvalue weighted by Gasteiger charge is -2.33. The molecule has 0 saturated carbocycles. The molecule has 10 aromatic carbocycles. The van der Waals surface area contributed by atoms with E-state index in [0.717, 1.165) is 112 Å². The van der Waals surface area contributed by atoms with Gasteiger partial charge in [0.15, 0.2) is 0 Å². The van der Waals surface area contributed by atoms with E-state index in [1.165, 1.54) is 30.9 Å². The molecular weight excluding hydrogens is 1360 g/mol. The molecule has 4 unspecified atom stereocenters. The second kappa shape index (κ2) is 30.0. The summed E-state index contributed by atoms with van der Waals surface area (Å²) >= 11 is 1.47. The number of nitrogens with zero attached hydrogens (tertiary/aromatic N) is 4. The Balaban J connectivity index is 1.02.